The van der Waals surface area contributed by atoms with Gasteiger partial charge in [-0.05, 0) is 24.6 Å². The molecule has 1 aromatic heterocycles. The van der Waals surface area contributed by atoms with E-state index in [-0.39, 0.29) is 5.91 Å². The number of hydrogen-bond acceptors (Lipinski definition) is 5. The van der Waals surface area contributed by atoms with Crippen LogP contribution in [0.3, 0.4) is 0 Å². The Morgan fingerprint density at radius 1 is 1.00 bits per heavy atom. The number of aromatic nitrogens is 2. The molecule has 29 heavy (non-hydrogen) atoms. The highest BCUT2D eigenvalue weighted by Gasteiger charge is 2.22. The molecule has 3 aromatic rings. The van der Waals surface area contributed by atoms with E-state index in [4.69, 9.17) is 4.74 Å². The molecule has 0 atom stereocenters. The van der Waals surface area contributed by atoms with E-state index >= 15 is 0 Å². The number of nitrogens with zero attached hydrogens (tertiary/aromatic N) is 4. The smallest absolute Gasteiger partial charge is 0.272 e. The molecule has 1 aliphatic heterocycles. The van der Waals surface area contributed by atoms with Crippen LogP contribution in [0.25, 0.3) is 0 Å². The summed E-state index contributed by atoms with van der Waals surface area (Å²) in [6.45, 7) is 4.77. The Morgan fingerprint density at radius 2 is 1.66 bits per heavy atom. The number of aryl methyl sites for hydroxylation is 1. The van der Waals surface area contributed by atoms with Gasteiger partial charge in [0.05, 0.1) is 13.2 Å². The van der Waals surface area contributed by atoms with Crippen molar-refractivity contribution < 1.29 is 9.53 Å². The Bertz CT molecular complexity index is 957. The minimum atomic E-state index is -0.0761. The molecule has 4 rings (SSSR count). The normalized spacial score (nSPS) is 13.9. The first kappa shape index (κ1) is 19.1. The lowest BCUT2D eigenvalue weighted by atomic mass is 10.2. The summed E-state index contributed by atoms with van der Waals surface area (Å²) in [6, 6.07) is 22.1. The number of morpholine rings is 1. The highest BCUT2D eigenvalue weighted by Crippen LogP contribution is 2.26. The fraction of sp³-hybridized carbons (Fsp3) is 0.261. The summed E-state index contributed by atoms with van der Waals surface area (Å²) >= 11 is 0. The predicted molar refractivity (Wildman–Crippen MR) is 112 cm³/mol. The molecule has 0 aliphatic carbocycles. The van der Waals surface area contributed by atoms with E-state index in [0.717, 1.165) is 11.3 Å². The molecule has 1 fully saturated rings. The van der Waals surface area contributed by atoms with Crippen LogP contribution in [0.4, 0.5) is 11.5 Å². The Balaban J connectivity index is 1.70. The van der Waals surface area contributed by atoms with Crippen LogP contribution in [-0.2, 0) is 11.3 Å². The summed E-state index contributed by atoms with van der Waals surface area (Å²) in [5, 5.41) is 0. The fourth-order valence-electron chi connectivity index (χ4n) is 3.41. The Hall–Kier alpha value is -3.25. The standard InChI is InChI=1S/C23H24N4O2/c1-18-24-21(23(28)26-12-14-29-15-13-26)16-22(25-18)27(20-10-6-3-7-11-20)17-19-8-4-2-5-9-19/h2-11,16H,12-15,17H2,1H3. The lowest BCUT2D eigenvalue weighted by molar-refractivity contribution is 0.0299. The van der Waals surface area contributed by atoms with E-state index in [1.54, 1.807) is 11.0 Å². The zero-order chi connectivity index (χ0) is 20.1. The number of carbonyl (C=O) groups is 1. The van der Waals surface area contributed by atoms with Gasteiger partial charge in [0, 0.05) is 31.4 Å². The molecule has 1 amide bonds. The van der Waals surface area contributed by atoms with E-state index < -0.39 is 0 Å². The van der Waals surface area contributed by atoms with Crippen LogP contribution in [0.2, 0.25) is 0 Å². The maximum absolute atomic E-state index is 13.0. The van der Waals surface area contributed by atoms with Crippen LogP contribution in [0.5, 0.6) is 0 Å². The van der Waals surface area contributed by atoms with Gasteiger partial charge in [-0.2, -0.15) is 0 Å². The third-order valence-electron chi connectivity index (χ3n) is 4.87. The third kappa shape index (κ3) is 4.60. The van der Waals surface area contributed by atoms with E-state index in [1.807, 2.05) is 55.5 Å². The zero-order valence-corrected chi connectivity index (χ0v) is 16.5. The van der Waals surface area contributed by atoms with Gasteiger partial charge in [-0.3, -0.25) is 4.79 Å². The monoisotopic (exact) mass is 388 g/mol. The van der Waals surface area contributed by atoms with Crippen molar-refractivity contribution in [3.63, 3.8) is 0 Å². The largest absolute Gasteiger partial charge is 0.378 e. The second kappa shape index (κ2) is 8.84. The molecule has 1 saturated heterocycles. The second-order valence-corrected chi connectivity index (χ2v) is 6.97. The summed E-state index contributed by atoms with van der Waals surface area (Å²) in [5.74, 6) is 1.21. The van der Waals surface area contributed by atoms with Gasteiger partial charge >= 0.3 is 0 Å². The molecule has 148 valence electrons. The molecule has 0 bridgehead atoms. The predicted octanol–water partition coefficient (Wildman–Crippen LogP) is 3.60. The number of hydrogen-bond donors (Lipinski definition) is 0. The molecule has 2 heterocycles. The first-order chi connectivity index (χ1) is 14.2. The molecular weight excluding hydrogens is 364 g/mol. The Morgan fingerprint density at radius 3 is 2.34 bits per heavy atom. The molecule has 0 unspecified atom stereocenters. The fourth-order valence-corrected chi connectivity index (χ4v) is 3.41. The van der Waals surface area contributed by atoms with Crippen molar-refractivity contribution in [2.24, 2.45) is 0 Å². The van der Waals surface area contributed by atoms with Crippen molar-refractivity contribution in [2.45, 2.75) is 13.5 Å². The van der Waals surface area contributed by atoms with Crippen molar-refractivity contribution >= 4 is 17.4 Å². The minimum absolute atomic E-state index is 0.0761. The molecule has 1 aliphatic rings. The van der Waals surface area contributed by atoms with Crippen LogP contribution in [0.15, 0.2) is 66.7 Å². The number of ether oxygens (including phenoxy) is 1. The molecule has 0 radical (unpaired) electrons. The molecule has 0 saturated carbocycles. The first-order valence-electron chi connectivity index (χ1n) is 9.80. The molecule has 0 N–H and O–H groups in total. The quantitative estimate of drug-likeness (QED) is 0.668. The van der Waals surface area contributed by atoms with Crippen LogP contribution in [0, 0.1) is 6.92 Å². The third-order valence-corrected chi connectivity index (χ3v) is 4.87. The molecule has 0 spiro atoms. The highest BCUT2D eigenvalue weighted by molar-refractivity contribution is 5.93. The van der Waals surface area contributed by atoms with Gasteiger partial charge in [0.15, 0.2) is 0 Å². The van der Waals surface area contributed by atoms with Gasteiger partial charge in [0.1, 0.15) is 17.3 Å². The van der Waals surface area contributed by atoms with Crippen molar-refractivity contribution in [3.05, 3.63) is 83.8 Å². The van der Waals surface area contributed by atoms with Gasteiger partial charge in [0.25, 0.3) is 5.91 Å². The van der Waals surface area contributed by atoms with Crippen LogP contribution in [-0.4, -0.2) is 47.1 Å². The maximum atomic E-state index is 13.0. The molecular formula is C23H24N4O2. The van der Waals surface area contributed by atoms with E-state index in [9.17, 15) is 4.79 Å². The second-order valence-electron chi connectivity index (χ2n) is 6.97. The maximum Gasteiger partial charge on any atom is 0.272 e. The van der Waals surface area contributed by atoms with Crippen molar-refractivity contribution in [3.8, 4) is 0 Å². The topological polar surface area (TPSA) is 58.6 Å². The zero-order valence-electron chi connectivity index (χ0n) is 16.5. The Labute approximate surface area is 170 Å². The van der Waals surface area contributed by atoms with Crippen LogP contribution < -0.4 is 4.90 Å². The lowest BCUT2D eigenvalue weighted by Crippen LogP contribution is -2.41. The summed E-state index contributed by atoms with van der Waals surface area (Å²) in [5.41, 5.74) is 2.59. The number of para-hydroxylation sites is 1. The van der Waals surface area contributed by atoms with Gasteiger partial charge in [0.2, 0.25) is 0 Å². The lowest BCUT2D eigenvalue weighted by Gasteiger charge is -2.28. The summed E-state index contributed by atoms with van der Waals surface area (Å²) < 4.78 is 5.36. The summed E-state index contributed by atoms with van der Waals surface area (Å²) in [7, 11) is 0. The van der Waals surface area contributed by atoms with Gasteiger partial charge < -0.3 is 14.5 Å². The average molecular weight is 388 g/mol. The molecule has 2 aromatic carbocycles. The summed E-state index contributed by atoms with van der Waals surface area (Å²) in [6.07, 6.45) is 0. The van der Waals surface area contributed by atoms with Gasteiger partial charge in [-0.15, -0.1) is 0 Å². The highest BCUT2D eigenvalue weighted by atomic mass is 16.5. The van der Waals surface area contributed by atoms with Crippen LogP contribution >= 0.6 is 0 Å². The minimum Gasteiger partial charge on any atom is -0.378 e. The first-order valence-corrected chi connectivity index (χ1v) is 9.80. The van der Waals surface area contributed by atoms with Gasteiger partial charge in [-0.25, -0.2) is 9.97 Å². The number of benzene rings is 2. The van der Waals surface area contributed by atoms with Crippen molar-refractivity contribution in [2.75, 3.05) is 31.2 Å². The average Bonchev–Trinajstić information content (AvgIpc) is 2.78. The summed E-state index contributed by atoms with van der Waals surface area (Å²) in [4.78, 5) is 26.0. The SMILES string of the molecule is Cc1nc(C(=O)N2CCOCC2)cc(N(Cc2ccccc2)c2ccccc2)n1. The number of anilines is 2. The van der Waals surface area contributed by atoms with E-state index in [2.05, 4.69) is 27.0 Å². The number of amides is 1. The Kier molecular flexibility index (Phi) is 5.81. The molecule has 6 nitrogen and oxygen atoms in total. The van der Waals surface area contributed by atoms with Crippen molar-refractivity contribution in [1.82, 2.24) is 14.9 Å². The van der Waals surface area contributed by atoms with Gasteiger partial charge in [-0.1, -0.05) is 48.5 Å². The molecule has 6 heteroatoms. The number of carbonyl (C=O) groups excluding carboxylic acids is 1. The van der Waals surface area contributed by atoms with E-state index in [0.29, 0.717) is 50.2 Å². The van der Waals surface area contributed by atoms with Crippen molar-refractivity contribution in [1.29, 1.82) is 0 Å². The number of rotatable bonds is 5. The van der Waals surface area contributed by atoms with E-state index in [1.165, 1.54) is 0 Å². The van der Waals surface area contributed by atoms with Crippen LogP contribution in [0.1, 0.15) is 21.9 Å².